The van der Waals surface area contributed by atoms with Crippen LogP contribution >= 0.6 is 19.2 Å². The zero-order chi connectivity index (χ0) is 7.00. The highest BCUT2D eigenvalue weighted by Gasteiger charge is 2.46. The van der Waals surface area contributed by atoms with Gasteiger partial charge < -0.3 is 9.79 Å². The fraction of sp³-hybridized carbons (Fsp3) is 1.00. The molecule has 0 spiro atoms. The van der Waals surface area contributed by atoms with Gasteiger partial charge in [0, 0.05) is 0 Å². The first-order chi connectivity index (χ1) is 3.25. The molecular weight excluding hydrogens is 164 g/mol. The third-order valence-corrected chi connectivity index (χ3v) is 1.65. The summed E-state index contributed by atoms with van der Waals surface area (Å²) < 4.78 is 31.9. The third-order valence-electron chi connectivity index (χ3n) is 0.330. The Morgan fingerprint density at radius 3 is 1.62 bits per heavy atom. The summed E-state index contributed by atoms with van der Waals surface area (Å²) in [7, 11) is -5.42. The molecule has 50 valence electrons. The lowest BCUT2D eigenvalue weighted by Crippen LogP contribution is -2.04. The SMILES string of the molecule is O=P(O)(O)C(F)(F)Cl. The van der Waals surface area contributed by atoms with E-state index in [-0.39, 0.29) is 0 Å². The lowest BCUT2D eigenvalue weighted by molar-refractivity contribution is 0.143. The van der Waals surface area contributed by atoms with E-state index in [1.807, 2.05) is 0 Å². The van der Waals surface area contributed by atoms with Crippen LogP contribution in [-0.4, -0.2) is 14.9 Å². The molecule has 0 heterocycles. The molecule has 0 aromatic carbocycles. The first-order valence-corrected chi connectivity index (χ1v) is 3.36. The minimum absolute atomic E-state index is 3.91. The van der Waals surface area contributed by atoms with Crippen molar-refractivity contribution < 1.29 is 23.1 Å². The monoisotopic (exact) mass is 166 g/mol. The predicted molar refractivity (Wildman–Crippen MR) is 22.8 cm³/mol. The van der Waals surface area contributed by atoms with Gasteiger partial charge in [0.15, 0.2) is 0 Å². The molecule has 0 amide bonds. The molecule has 0 fully saturated rings. The lowest BCUT2D eigenvalue weighted by Gasteiger charge is -2.07. The molecule has 0 aromatic rings. The highest BCUT2D eigenvalue weighted by molar-refractivity contribution is 7.55. The Balaban J connectivity index is 4.26. The van der Waals surface area contributed by atoms with Gasteiger partial charge in [-0.3, -0.25) is 4.57 Å². The van der Waals surface area contributed by atoms with Crippen molar-refractivity contribution in [2.24, 2.45) is 0 Å². The second-order valence-electron chi connectivity index (χ2n) is 1.01. The van der Waals surface area contributed by atoms with Crippen molar-refractivity contribution in [2.75, 3.05) is 0 Å². The van der Waals surface area contributed by atoms with Gasteiger partial charge in [-0.25, -0.2) is 0 Å². The van der Waals surface area contributed by atoms with Crippen molar-refractivity contribution in [3.05, 3.63) is 0 Å². The van der Waals surface area contributed by atoms with E-state index in [0.717, 1.165) is 0 Å². The summed E-state index contributed by atoms with van der Waals surface area (Å²) in [5.41, 5.74) is 0. The van der Waals surface area contributed by atoms with Crippen LogP contribution in [-0.2, 0) is 4.57 Å². The van der Waals surface area contributed by atoms with Crippen LogP contribution < -0.4 is 0 Å². The Hall–Kier alpha value is 0.300. The fourth-order valence-corrected chi connectivity index (χ4v) is 0. The molecule has 0 unspecified atom stereocenters. The molecule has 8 heavy (non-hydrogen) atoms. The quantitative estimate of drug-likeness (QED) is 0.450. The van der Waals surface area contributed by atoms with E-state index in [9.17, 15) is 13.3 Å². The van der Waals surface area contributed by atoms with E-state index in [0.29, 0.717) is 0 Å². The average molecular weight is 166 g/mol. The Bertz CT molecular complexity index is 124. The summed E-state index contributed by atoms with van der Waals surface area (Å²) in [6.45, 7) is 0. The Kier molecular flexibility index (Phi) is 1.99. The van der Waals surface area contributed by atoms with Gasteiger partial charge in [0.1, 0.15) is 0 Å². The van der Waals surface area contributed by atoms with Crippen molar-refractivity contribution in [3.63, 3.8) is 0 Å². The second-order valence-corrected chi connectivity index (χ2v) is 3.40. The number of alkyl halides is 3. The van der Waals surface area contributed by atoms with Crippen LogP contribution in [0.4, 0.5) is 8.78 Å². The van der Waals surface area contributed by atoms with Crippen molar-refractivity contribution in [2.45, 2.75) is 5.12 Å². The van der Waals surface area contributed by atoms with Crippen LogP contribution in [0.1, 0.15) is 0 Å². The normalized spacial score (nSPS) is 14.1. The number of hydrogen-bond donors (Lipinski definition) is 2. The molecular formula is CH2ClF2O3P. The fourth-order valence-electron chi connectivity index (χ4n) is 0. The van der Waals surface area contributed by atoms with Crippen LogP contribution in [0.3, 0.4) is 0 Å². The van der Waals surface area contributed by atoms with Gasteiger partial charge in [0.25, 0.3) is 0 Å². The van der Waals surface area contributed by atoms with E-state index in [2.05, 4.69) is 11.6 Å². The van der Waals surface area contributed by atoms with Crippen molar-refractivity contribution >= 4 is 19.2 Å². The van der Waals surface area contributed by atoms with Crippen LogP contribution in [0.15, 0.2) is 0 Å². The maximum atomic E-state index is 11.2. The number of rotatable bonds is 1. The molecule has 3 nitrogen and oxygen atoms in total. The van der Waals surface area contributed by atoms with Crippen LogP contribution in [0.5, 0.6) is 0 Å². The van der Waals surface area contributed by atoms with Gasteiger partial charge in [-0.15, -0.1) is 0 Å². The highest BCUT2D eigenvalue weighted by atomic mass is 35.5. The van der Waals surface area contributed by atoms with Gasteiger partial charge in [0.2, 0.25) is 0 Å². The number of hydrogen-bond acceptors (Lipinski definition) is 1. The average Bonchev–Trinajstić information content (AvgIpc) is 1.25. The smallest absolute Gasteiger partial charge is 0.319 e. The summed E-state index contributed by atoms with van der Waals surface area (Å²) in [6.07, 6.45) is 0. The molecule has 0 aromatic heterocycles. The zero-order valence-electron chi connectivity index (χ0n) is 3.38. The maximum Gasteiger partial charge on any atom is 0.420 e. The van der Waals surface area contributed by atoms with Crippen molar-refractivity contribution in [1.29, 1.82) is 0 Å². The van der Waals surface area contributed by atoms with E-state index in [1.54, 1.807) is 0 Å². The van der Waals surface area contributed by atoms with Crippen molar-refractivity contribution in [1.82, 2.24) is 0 Å². The van der Waals surface area contributed by atoms with Gasteiger partial charge >= 0.3 is 12.7 Å². The van der Waals surface area contributed by atoms with Crippen molar-refractivity contribution in [3.8, 4) is 0 Å². The highest BCUT2D eigenvalue weighted by Crippen LogP contribution is 2.55. The molecule has 0 atom stereocenters. The standard InChI is InChI=1S/CH2ClF2O3P/c2-1(3,4)8(5,6)7/h(H2,5,6,7). The largest absolute Gasteiger partial charge is 0.420 e. The number of halogens is 3. The summed E-state index contributed by atoms with van der Waals surface area (Å²) >= 11 is 3.91. The molecule has 0 aliphatic heterocycles. The van der Waals surface area contributed by atoms with E-state index in [1.165, 1.54) is 0 Å². The molecule has 0 rings (SSSR count). The van der Waals surface area contributed by atoms with E-state index >= 15 is 0 Å². The molecule has 0 bridgehead atoms. The molecule has 0 saturated heterocycles. The molecule has 0 radical (unpaired) electrons. The Morgan fingerprint density at radius 1 is 1.50 bits per heavy atom. The third kappa shape index (κ3) is 2.05. The van der Waals surface area contributed by atoms with Gasteiger partial charge in [0.05, 0.1) is 0 Å². The van der Waals surface area contributed by atoms with Gasteiger partial charge in [-0.05, 0) is 11.6 Å². The molecule has 7 heteroatoms. The van der Waals surface area contributed by atoms with E-state index in [4.69, 9.17) is 9.79 Å². The van der Waals surface area contributed by atoms with E-state index < -0.39 is 12.7 Å². The van der Waals surface area contributed by atoms with Crippen LogP contribution in [0, 0.1) is 0 Å². The Labute approximate surface area is 48.4 Å². The molecule has 0 aliphatic rings. The lowest BCUT2D eigenvalue weighted by atomic mass is 11.6. The summed E-state index contributed by atoms with van der Waals surface area (Å²) in [5, 5.41) is -4.42. The Morgan fingerprint density at radius 2 is 1.62 bits per heavy atom. The summed E-state index contributed by atoms with van der Waals surface area (Å²) in [6, 6.07) is 0. The van der Waals surface area contributed by atoms with Crippen LogP contribution in [0.2, 0.25) is 0 Å². The molecule has 2 N–H and O–H groups in total. The zero-order valence-corrected chi connectivity index (χ0v) is 5.03. The minimum Gasteiger partial charge on any atom is -0.319 e. The second kappa shape index (κ2) is 1.92. The topological polar surface area (TPSA) is 57.5 Å². The van der Waals surface area contributed by atoms with Gasteiger partial charge in [-0.2, -0.15) is 8.78 Å². The minimum atomic E-state index is -5.42. The molecule has 0 saturated carbocycles. The maximum absolute atomic E-state index is 11.2. The summed E-state index contributed by atoms with van der Waals surface area (Å²) in [4.78, 5) is 15.2. The predicted octanol–water partition coefficient (Wildman–Crippen LogP) is 0.953. The van der Waals surface area contributed by atoms with Gasteiger partial charge in [-0.1, -0.05) is 0 Å². The first kappa shape index (κ1) is 8.30. The first-order valence-electron chi connectivity index (χ1n) is 1.37. The van der Waals surface area contributed by atoms with Crippen LogP contribution in [0.25, 0.3) is 0 Å². The molecule has 0 aliphatic carbocycles. The summed E-state index contributed by atoms with van der Waals surface area (Å²) in [5.74, 6) is 0.